The highest BCUT2D eigenvalue weighted by atomic mass is 32.1. The number of benzene rings is 8. The van der Waals surface area contributed by atoms with E-state index in [1.165, 1.54) is 64.3 Å². The van der Waals surface area contributed by atoms with Crippen LogP contribution in [0, 0.1) is 0 Å². The molecule has 10 aromatic rings. The second-order valence-corrected chi connectivity index (χ2v) is 13.6. The van der Waals surface area contributed by atoms with Crippen LogP contribution in [-0.2, 0) is 0 Å². The highest BCUT2D eigenvalue weighted by Crippen LogP contribution is 2.40. The lowest BCUT2D eigenvalue weighted by atomic mass is 9.96. The van der Waals surface area contributed by atoms with Gasteiger partial charge in [-0.05, 0) is 56.3 Å². The molecule has 0 bridgehead atoms. The molecule has 0 fully saturated rings. The van der Waals surface area contributed by atoms with Crippen LogP contribution in [0.3, 0.4) is 0 Å². The van der Waals surface area contributed by atoms with Crippen molar-refractivity contribution in [2.45, 2.75) is 0 Å². The Morgan fingerprint density at radius 2 is 0.898 bits per heavy atom. The smallest absolute Gasteiger partial charge is 0.0979 e. The summed E-state index contributed by atoms with van der Waals surface area (Å²) in [4.78, 5) is 10.1. The molecule has 228 valence electrons. The first-order chi connectivity index (χ1) is 24.3. The van der Waals surface area contributed by atoms with Gasteiger partial charge in [0.15, 0.2) is 0 Å². The third-order valence-electron chi connectivity index (χ3n) is 9.74. The van der Waals surface area contributed by atoms with Gasteiger partial charge >= 0.3 is 0 Å². The fourth-order valence-electron chi connectivity index (χ4n) is 7.29. The summed E-state index contributed by atoms with van der Waals surface area (Å²) in [5.41, 5.74) is 11.1. The zero-order valence-electron chi connectivity index (χ0n) is 26.5. The maximum Gasteiger partial charge on any atom is 0.0979 e. The number of hydrogen-bond donors (Lipinski definition) is 0. The molecule has 0 aliphatic rings. The molecule has 0 atom stereocenters. The van der Waals surface area contributed by atoms with Gasteiger partial charge in [-0.15, -0.1) is 11.3 Å². The van der Waals surface area contributed by atoms with Crippen molar-refractivity contribution >= 4 is 64.1 Å². The fourth-order valence-corrected chi connectivity index (χ4v) is 8.53. The first-order valence-electron chi connectivity index (χ1n) is 16.6. The highest BCUT2D eigenvalue weighted by molar-refractivity contribution is 7.26. The van der Waals surface area contributed by atoms with E-state index in [9.17, 15) is 0 Å². The molecule has 0 aliphatic carbocycles. The first kappa shape index (κ1) is 27.9. The van der Waals surface area contributed by atoms with Crippen molar-refractivity contribution in [3.63, 3.8) is 0 Å². The van der Waals surface area contributed by atoms with Gasteiger partial charge < -0.3 is 0 Å². The van der Waals surface area contributed by atoms with Crippen molar-refractivity contribution in [2.24, 2.45) is 0 Å². The van der Waals surface area contributed by atoms with Crippen LogP contribution in [0.4, 0.5) is 0 Å². The Balaban J connectivity index is 0.963. The van der Waals surface area contributed by atoms with Gasteiger partial charge in [0, 0.05) is 36.5 Å². The summed E-state index contributed by atoms with van der Waals surface area (Å²) < 4.78 is 2.68. The predicted molar refractivity (Wildman–Crippen MR) is 209 cm³/mol. The number of thiophene rings is 1. The second-order valence-electron chi connectivity index (χ2n) is 12.6. The minimum absolute atomic E-state index is 0.875. The highest BCUT2D eigenvalue weighted by Gasteiger charge is 2.13. The molecular weight excluding hydrogens is 613 g/mol. The lowest BCUT2D eigenvalue weighted by Gasteiger charge is -2.11. The Bertz CT molecular complexity index is 2830. The standard InChI is InChI=1S/C46H28N2S/c1-3-14-39-36(11-1)37-12-2-4-15-40(37)45-44(39)47-28-42(48-45)32-25-21-30(22-26-32)34-10-7-9-33(27-34)29-19-23-31(24-20-29)35-16-8-17-41-38-13-5-6-18-43(38)49-46(35)41/h1-28H. The molecule has 0 amide bonds. The monoisotopic (exact) mass is 640 g/mol. The quantitative estimate of drug-likeness (QED) is 0.179. The molecular formula is C46H28N2S. The summed E-state index contributed by atoms with van der Waals surface area (Å²) >= 11 is 1.88. The topological polar surface area (TPSA) is 25.8 Å². The Labute approximate surface area is 287 Å². The van der Waals surface area contributed by atoms with Crippen LogP contribution >= 0.6 is 11.3 Å². The third-order valence-corrected chi connectivity index (χ3v) is 11.0. The van der Waals surface area contributed by atoms with E-state index < -0.39 is 0 Å². The predicted octanol–water partition coefficient (Wildman–Crippen LogP) is 13.0. The lowest BCUT2D eigenvalue weighted by molar-refractivity contribution is 1.31. The fraction of sp³-hybridized carbons (Fsp3) is 0. The number of nitrogens with zero attached hydrogens (tertiary/aromatic N) is 2. The largest absolute Gasteiger partial charge is 0.252 e. The Morgan fingerprint density at radius 3 is 1.59 bits per heavy atom. The molecule has 0 radical (unpaired) electrons. The van der Waals surface area contributed by atoms with Gasteiger partial charge in [0.1, 0.15) is 0 Å². The minimum Gasteiger partial charge on any atom is -0.252 e. The molecule has 2 nitrogen and oxygen atoms in total. The molecule has 49 heavy (non-hydrogen) atoms. The van der Waals surface area contributed by atoms with Crippen LogP contribution in [-0.4, -0.2) is 9.97 Å². The van der Waals surface area contributed by atoms with Crippen LogP contribution in [0.2, 0.25) is 0 Å². The van der Waals surface area contributed by atoms with E-state index in [0.29, 0.717) is 0 Å². The van der Waals surface area contributed by atoms with E-state index in [1.54, 1.807) is 0 Å². The second kappa shape index (κ2) is 11.2. The summed E-state index contributed by atoms with van der Waals surface area (Å²) in [5, 5.41) is 7.34. The van der Waals surface area contributed by atoms with Crippen molar-refractivity contribution < 1.29 is 0 Å². The molecule has 0 saturated heterocycles. The van der Waals surface area contributed by atoms with E-state index in [1.807, 2.05) is 17.5 Å². The van der Waals surface area contributed by atoms with Crippen molar-refractivity contribution in [1.82, 2.24) is 9.97 Å². The van der Waals surface area contributed by atoms with Crippen LogP contribution in [0.5, 0.6) is 0 Å². The van der Waals surface area contributed by atoms with Crippen molar-refractivity contribution in [3.05, 3.63) is 170 Å². The van der Waals surface area contributed by atoms with Gasteiger partial charge in [0.2, 0.25) is 0 Å². The van der Waals surface area contributed by atoms with Crippen LogP contribution in [0.1, 0.15) is 0 Å². The lowest BCUT2D eigenvalue weighted by Crippen LogP contribution is -1.92. The van der Waals surface area contributed by atoms with Gasteiger partial charge in [-0.3, -0.25) is 4.98 Å². The van der Waals surface area contributed by atoms with Gasteiger partial charge in [-0.2, -0.15) is 0 Å². The average Bonchev–Trinajstić information content (AvgIpc) is 3.57. The van der Waals surface area contributed by atoms with Crippen LogP contribution in [0.15, 0.2) is 170 Å². The average molecular weight is 641 g/mol. The van der Waals surface area contributed by atoms with E-state index in [0.717, 1.165) is 33.1 Å². The summed E-state index contributed by atoms with van der Waals surface area (Å²) in [6.45, 7) is 0. The Kier molecular flexibility index (Phi) is 6.39. The summed E-state index contributed by atoms with van der Waals surface area (Å²) in [5.74, 6) is 0. The van der Waals surface area contributed by atoms with E-state index in [2.05, 4.69) is 164 Å². The Hall–Kier alpha value is -6.16. The molecule has 0 saturated carbocycles. The van der Waals surface area contributed by atoms with E-state index >= 15 is 0 Å². The molecule has 2 heterocycles. The minimum atomic E-state index is 0.875. The third kappa shape index (κ3) is 4.62. The number of rotatable bonds is 4. The van der Waals surface area contributed by atoms with Crippen molar-refractivity contribution in [3.8, 4) is 44.6 Å². The molecule has 8 aromatic carbocycles. The van der Waals surface area contributed by atoms with Crippen LogP contribution < -0.4 is 0 Å². The van der Waals surface area contributed by atoms with Gasteiger partial charge in [-0.25, -0.2) is 4.98 Å². The number of aromatic nitrogens is 2. The SMILES string of the molecule is c1cc(-c2ccc(-c3cnc4c5ccccc5c5ccccc5c4n3)cc2)cc(-c2ccc(-c3cccc4c3sc3ccccc34)cc2)c1. The molecule has 2 aromatic heterocycles. The first-order valence-corrected chi connectivity index (χ1v) is 17.4. The summed E-state index contributed by atoms with van der Waals surface area (Å²) in [6.07, 6.45) is 1.91. The van der Waals surface area contributed by atoms with Gasteiger partial charge in [-0.1, -0.05) is 152 Å². The van der Waals surface area contributed by atoms with Gasteiger partial charge in [0.05, 0.1) is 22.9 Å². The molecule has 0 aliphatic heterocycles. The van der Waals surface area contributed by atoms with E-state index in [4.69, 9.17) is 9.97 Å². The zero-order chi connectivity index (χ0) is 32.3. The van der Waals surface area contributed by atoms with Crippen LogP contribution in [0.25, 0.3) is 97.4 Å². The number of fused-ring (bicyclic) bond motifs is 9. The molecule has 3 heteroatoms. The summed E-state index contributed by atoms with van der Waals surface area (Å²) in [6, 6.07) is 58.8. The molecule has 10 rings (SSSR count). The zero-order valence-corrected chi connectivity index (χ0v) is 27.3. The summed E-state index contributed by atoms with van der Waals surface area (Å²) in [7, 11) is 0. The van der Waals surface area contributed by atoms with E-state index in [-0.39, 0.29) is 0 Å². The van der Waals surface area contributed by atoms with Gasteiger partial charge in [0.25, 0.3) is 0 Å². The van der Waals surface area contributed by atoms with Crippen molar-refractivity contribution in [2.75, 3.05) is 0 Å². The molecule has 0 spiro atoms. The molecule has 0 unspecified atom stereocenters. The maximum atomic E-state index is 5.17. The molecule has 0 N–H and O–H groups in total. The maximum absolute atomic E-state index is 5.17. The number of hydrogen-bond acceptors (Lipinski definition) is 3. The Morgan fingerprint density at radius 1 is 0.367 bits per heavy atom. The normalized spacial score (nSPS) is 11.7. The van der Waals surface area contributed by atoms with Crippen molar-refractivity contribution in [1.29, 1.82) is 0 Å².